The number of ether oxygens (including phenoxy) is 2. The summed E-state index contributed by atoms with van der Waals surface area (Å²) in [6.45, 7) is 6.98. The van der Waals surface area contributed by atoms with Crippen molar-refractivity contribution in [2.24, 2.45) is 0 Å². The predicted molar refractivity (Wildman–Crippen MR) is 84.6 cm³/mol. The summed E-state index contributed by atoms with van der Waals surface area (Å²) in [5, 5.41) is 3.60. The van der Waals surface area contributed by atoms with E-state index in [1.165, 1.54) is 5.56 Å². The maximum absolute atomic E-state index is 5.35. The van der Waals surface area contributed by atoms with Gasteiger partial charge in [-0.3, -0.25) is 0 Å². The van der Waals surface area contributed by atoms with Gasteiger partial charge in [-0.2, -0.15) is 0 Å². The van der Waals surface area contributed by atoms with E-state index >= 15 is 0 Å². The molecule has 20 heavy (non-hydrogen) atoms. The standard InChI is InChI=1S/C17H27NO2/c1-5-7-8-9-17(18-10-6-2)14-11-15(19-3)13-16(12-14)20-4/h5,11-13,17-18H,1,6-10H2,2-4H3. The summed E-state index contributed by atoms with van der Waals surface area (Å²) in [6, 6.07) is 6.41. The van der Waals surface area contributed by atoms with Crippen LogP contribution in [0.5, 0.6) is 11.5 Å². The molecule has 3 heteroatoms. The maximum Gasteiger partial charge on any atom is 0.122 e. The van der Waals surface area contributed by atoms with Gasteiger partial charge in [-0.05, 0) is 49.9 Å². The second-order valence-electron chi connectivity index (χ2n) is 4.87. The van der Waals surface area contributed by atoms with Gasteiger partial charge in [0.2, 0.25) is 0 Å². The number of hydrogen-bond acceptors (Lipinski definition) is 3. The molecule has 0 saturated carbocycles. The number of nitrogens with one attached hydrogen (secondary N) is 1. The van der Waals surface area contributed by atoms with Gasteiger partial charge in [-0.1, -0.05) is 13.0 Å². The van der Waals surface area contributed by atoms with Crippen molar-refractivity contribution < 1.29 is 9.47 Å². The normalized spacial score (nSPS) is 11.9. The Bertz CT molecular complexity index is 382. The Morgan fingerprint density at radius 3 is 2.35 bits per heavy atom. The molecule has 0 saturated heterocycles. The minimum absolute atomic E-state index is 0.332. The summed E-state index contributed by atoms with van der Waals surface area (Å²) in [7, 11) is 3.37. The molecule has 1 rings (SSSR count). The molecule has 112 valence electrons. The first kappa shape index (κ1) is 16.6. The molecule has 0 bridgehead atoms. The van der Waals surface area contributed by atoms with Crippen LogP contribution in [0.25, 0.3) is 0 Å². The van der Waals surface area contributed by atoms with E-state index in [9.17, 15) is 0 Å². The van der Waals surface area contributed by atoms with E-state index in [0.717, 1.165) is 43.7 Å². The van der Waals surface area contributed by atoms with Gasteiger partial charge in [0.25, 0.3) is 0 Å². The van der Waals surface area contributed by atoms with Gasteiger partial charge in [0.05, 0.1) is 14.2 Å². The number of methoxy groups -OCH3 is 2. The van der Waals surface area contributed by atoms with Gasteiger partial charge in [0.1, 0.15) is 11.5 Å². The highest BCUT2D eigenvalue weighted by molar-refractivity contribution is 5.39. The smallest absolute Gasteiger partial charge is 0.122 e. The molecular weight excluding hydrogens is 250 g/mol. The molecule has 0 aliphatic rings. The lowest BCUT2D eigenvalue weighted by atomic mass is 10.00. The molecule has 1 aromatic carbocycles. The predicted octanol–water partition coefficient (Wildman–Crippen LogP) is 4.10. The molecule has 1 atom stereocenters. The fourth-order valence-electron chi connectivity index (χ4n) is 2.20. The molecular formula is C17H27NO2. The van der Waals surface area contributed by atoms with Gasteiger partial charge >= 0.3 is 0 Å². The van der Waals surface area contributed by atoms with E-state index in [-0.39, 0.29) is 0 Å². The zero-order valence-corrected chi connectivity index (χ0v) is 12.9. The zero-order valence-electron chi connectivity index (χ0n) is 12.9. The van der Waals surface area contributed by atoms with Crippen molar-refractivity contribution in [1.29, 1.82) is 0 Å². The van der Waals surface area contributed by atoms with Crippen LogP contribution in [0.4, 0.5) is 0 Å². The van der Waals surface area contributed by atoms with E-state index in [1.54, 1.807) is 14.2 Å². The average Bonchev–Trinajstić information content (AvgIpc) is 2.50. The summed E-state index contributed by atoms with van der Waals surface area (Å²) in [6.07, 6.45) is 6.36. The van der Waals surface area contributed by atoms with Crippen molar-refractivity contribution in [3.8, 4) is 11.5 Å². The van der Waals surface area contributed by atoms with Crippen LogP contribution in [0, 0.1) is 0 Å². The van der Waals surface area contributed by atoms with Gasteiger partial charge in [0.15, 0.2) is 0 Å². The van der Waals surface area contributed by atoms with Crippen LogP contribution >= 0.6 is 0 Å². The van der Waals surface area contributed by atoms with Crippen molar-refractivity contribution in [2.45, 2.75) is 38.6 Å². The first-order valence-electron chi connectivity index (χ1n) is 7.32. The zero-order chi connectivity index (χ0) is 14.8. The third-order valence-corrected chi connectivity index (χ3v) is 3.32. The van der Waals surface area contributed by atoms with Gasteiger partial charge in [-0.15, -0.1) is 6.58 Å². The average molecular weight is 277 g/mol. The summed E-state index contributed by atoms with van der Waals surface area (Å²) in [4.78, 5) is 0. The van der Waals surface area contributed by atoms with Gasteiger partial charge in [-0.25, -0.2) is 0 Å². The molecule has 0 spiro atoms. The number of hydrogen-bond donors (Lipinski definition) is 1. The third kappa shape index (κ3) is 5.25. The minimum Gasteiger partial charge on any atom is -0.497 e. The maximum atomic E-state index is 5.35. The lowest BCUT2D eigenvalue weighted by molar-refractivity contribution is 0.390. The molecule has 0 aliphatic heterocycles. The quantitative estimate of drug-likeness (QED) is 0.516. The SMILES string of the molecule is C=CCCCC(NCCC)c1cc(OC)cc(OC)c1. The van der Waals surface area contributed by atoms with Crippen LogP contribution in [0.3, 0.4) is 0 Å². The van der Waals surface area contributed by atoms with Crippen LogP contribution in [0.15, 0.2) is 30.9 Å². The Morgan fingerprint density at radius 2 is 1.85 bits per heavy atom. The van der Waals surface area contributed by atoms with Crippen LogP contribution in [-0.4, -0.2) is 20.8 Å². The minimum atomic E-state index is 0.332. The van der Waals surface area contributed by atoms with Gasteiger partial charge < -0.3 is 14.8 Å². The van der Waals surface area contributed by atoms with Crippen LogP contribution < -0.4 is 14.8 Å². The van der Waals surface area contributed by atoms with Crippen LogP contribution in [0.1, 0.15) is 44.2 Å². The van der Waals surface area contributed by atoms with Crippen LogP contribution in [0.2, 0.25) is 0 Å². The topological polar surface area (TPSA) is 30.5 Å². The Morgan fingerprint density at radius 1 is 1.20 bits per heavy atom. The van der Waals surface area contributed by atoms with E-state index < -0.39 is 0 Å². The second-order valence-corrected chi connectivity index (χ2v) is 4.87. The largest absolute Gasteiger partial charge is 0.497 e. The molecule has 0 radical (unpaired) electrons. The molecule has 1 N–H and O–H groups in total. The van der Waals surface area contributed by atoms with Crippen molar-refractivity contribution in [3.63, 3.8) is 0 Å². The van der Waals surface area contributed by atoms with E-state index in [4.69, 9.17) is 9.47 Å². The van der Waals surface area contributed by atoms with E-state index in [1.807, 2.05) is 12.1 Å². The fraction of sp³-hybridized carbons (Fsp3) is 0.529. The summed E-state index contributed by atoms with van der Waals surface area (Å²) in [5.74, 6) is 1.68. The van der Waals surface area contributed by atoms with Crippen molar-refractivity contribution >= 4 is 0 Å². The third-order valence-electron chi connectivity index (χ3n) is 3.32. The molecule has 1 unspecified atom stereocenters. The molecule has 0 fully saturated rings. The highest BCUT2D eigenvalue weighted by atomic mass is 16.5. The Labute approximate surface area is 123 Å². The first-order chi connectivity index (χ1) is 9.74. The monoisotopic (exact) mass is 277 g/mol. The lowest BCUT2D eigenvalue weighted by Crippen LogP contribution is -2.22. The lowest BCUT2D eigenvalue weighted by Gasteiger charge is -2.20. The van der Waals surface area contributed by atoms with E-state index in [2.05, 4.69) is 31.0 Å². The number of allylic oxidation sites excluding steroid dienone is 1. The Hall–Kier alpha value is -1.48. The molecule has 3 nitrogen and oxygen atoms in total. The second kappa shape index (κ2) is 9.43. The highest BCUT2D eigenvalue weighted by Gasteiger charge is 2.13. The molecule has 0 aliphatic carbocycles. The number of rotatable bonds is 10. The number of unbranched alkanes of at least 4 members (excludes halogenated alkanes) is 1. The number of benzene rings is 1. The molecule has 1 aromatic rings. The summed E-state index contributed by atoms with van der Waals surface area (Å²) < 4.78 is 10.7. The molecule has 0 aromatic heterocycles. The Balaban J connectivity index is 2.88. The summed E-state index contributed by atoms with van der Waals surface area (Å²) >= 11 is 0. The molecule has 0 amide bonds. The fourth-order valence-corrected chi connectivity index (χ4v) is 2.20. The van der Waals surface area contributed by atoms with Gasteiger partial charge in [0, 0.05) is 12.1 Å². The van der Waals surface area contributed by atoms with E-state index in [0.29, 0.717) is 6.04 Å². The first-order valence-corrected chi connectivity index (χ1v) is 7.32. The van der Waals surface area contributed by atoms with Crippen molar-refractivity contribution in [3.05, 3.63) is 36.4 Å². The molecule has 0 heterocycles. The van der Waals surface area contributed by atoms with Crippen molar-refractivity contribution in [2.75, 3.05) is 20.8 Å². The summed E-state index contributed by atoms with van der Waals surface area (Å²) in [5.41, 5.74) is 1.22. The highest BCUT2D eigenvalue weighted by Crippen LogP contribution is 2.28. The van der Waals surface area contributed by atoms with Crippen molar-refractivity contribution in [1.82, 2.24) is 5.32 Å². The van der Waals surface area contributed by atoms with Crippen LogP contribution in [-0.2, 0) is 0 Å². The Kier molecular flexibility index (Phi) is 7.81.